The zero-order valence-electron chi connectivity index (χ0n) is 16.0. The molecule has 1 N–H and O–H groups in total. The molecule has 0 aliphatic carbocycles. The van der Waals surface area contributed by atoms with E-state index in [2.05, 4.69) is 10.5 Å². The third kappa shape index (κ3) is 6.42. The van der Waals surface area contributed by atoms with Gasteiger partial charge >= 0.3 is 0 Å². The highest BCUT2D eigenvalue weighted by Crippen LogP contribution is 2.28. The maximum atomic E-state index is 11.7. The first kappa shape index (κ1) is 20.0. The second kappa shape index (κ2) is 10.6. The number of rotatable bonds is 10. The van der Waals surface area contributed by atoms with Crippen LogP contribution in [0.2, 0.25) is 0 Å². The van der Waals surface area contributed by atoms with Gasteiger partial charge in [0.1, 0.15) is 12.4 Å². The van der Waals surface area contributed by atoms with Gasteiger partial charge in [0.15, 0.2) is 18.1 Å². The van der Waals surface area contributed by atoms with Crippen LogP contribution in [-0.2, 0) is 22.8 Å². The SMILES string of the molecule is COc1ccc(C=NOCC(=O)NCc2ccco2)cc1OCc1ccccc1. The third-order valence-electron chi connectivity index (χ3n) is 3.94. The first-order chi connectivity index (χ1) is 14.2. The molecule has 1 aromatic heterocycles. The molecule has 7 heteroatoms. The van der Waals surface area contributed by atoms with Crippen molar-refractivity contribution in [3.8, 4) is 11.5 Å². The number of ether oxygens (including phenoxy) is 2. The van der Waals surface area contributed by atoms with Gasteiger partial charge in [-0.2, -0.15) is 0 Å². The van der Waals surface area contributed by atoms with E-state index in [0.29, 0.717) is 30.4 Å². The minimum atomic E-state index is -0.292. The van der Waals surface area contributed by atoms with Crippen LogP contribution in [0.25, 0.3) is 0 Å². The van der Waals surface area contributed by atoms with Crippen molar-refractivity contribution in [2.24, 2.45) is 5.16 Å². The van der Waals surface area contributed by atoms with E-state index in [1.165, 1.54) is 6.21 Å². The quantitative estimate of drug-likeness (QED) is 0.420. The van der Waals surface area contributed by atoms with Gasteiger partial charge in [0.25, 0.3) is 5.91 Å². The van der Waals surface area contributed by atoms with Gasteiger partial charge in [-0.25, -0.2) is 0 Å². The molecular weight excluding hydrogens is 372 g/mol. The lowest BCUT2D eigenvalue weighted by atomic mass is 10.2. The van der Waals surface area contributed by atoms with Crippen molar-refractivity contribution in [1.29, 1.82) is 0 Å². The van der Waals surface area contributed by atoms with Gasteiger partial charge in [0.2, 0.25) is 0 Å². The van der Waals surface area contributed by atoms with E-state index in [9.17, 15) is 4.79 Å². The van der Waals surface area contributed by atoms with Gasteiger partial charge < -0.3 is 24.0 Å². The van der Waals surface area contributed by atoms with Gasteiger partial charge in [-0.15, -0.1) is 0 Å². The van der Waals surface area contributed by atoms with Crippen molar-refractivity contribution in [3.05, 3.63) is 83.8 Å². The average Bonchev–Trinajstić information content (AvgIpc) is 3.28. The van der Waals surface area contributed by atoms with Crippen LogP contribution in [0, 0.1) is 0 Å². The number of hydrogen-bond donors (Lipinski definition) is 1. The standard InChI is InChI=1S/C22H22N2O5/c1-26-20-10-9-18(12-21(20)28-15-17-6-3-2-4-7-17)13-24-29-16-22(25)23-14-19-8-5-11-27-19/h2-13H,14-16H2,1H3,(H,23,25). The summed E-state index contributed by atoms with van der Waals surface area (Å²) in [6.07, 6.45) is 3.06. The summed E-state index contributed by atoms with van der Waals surface area (Å²) in [5.41, 5.74) is 1.81. The summed E-state index contributed by atoms with van der Waals surface area (Å²) in [5.74, 6) is 1.59. The topological polar surface area (TPSA) is 82.3 Å². The predicted molar refractivity (Wildman–Crippen MR) is 108 cm³/mol. The number of methoxy groups -OCH3 is 1. The average molecular weight is 394 g/mol. The number of carbonyl (C=O) groups excluding carboxylic acids is 1. The second-order valence-corrected chi connectivity index (χ2v) is 6.05. The van der Waals surface area contributed by atoms with Crippen LogP contribution in [0.4, 0.5) is 0 Å². The van der Waals surface area contributed by atoms with E-state index >= 15 is 0 Å². The molecule has 0 unspecified atom stereocenters. The maximum absolute atomic E-state index is 11.7. The molecule has 2 aromatic carbocycles. The lowest BCUT2D eigenvalue weighted by Crippen LogP contribution is -2.26. The summed E-state index contributed by atoms with van der Waals surface area (Å²) in [6, 6.07) is 18.8. The fraction of sp³-hybridized carbons (Fsp3) is 0.182. The van der Waals surface area contributed by atoms with Crippen molar-refractivity contribution in [2.75, 3.05) is 13.7 Å². The molecule has 7 nitrogen and oxygen atoms in total. The Morgan fingerprint density at radius 2 is 1.97 bits per heavy atom. The van der Waals surface area contributed by atoms with Crippen molar-refractivity contribution >= 4 is 12.1 Å². The van der Waals surface area contributed by atoms with Crippen LogP contribution < -0.4 is 14.8 Å². The summed E-state index contributed by atoms with van der Waals surface area (Å²) in [4.78, 5) is 16.8. The molecule has 0 radical (unpaired) electrons. The Bertz CT molecular complexity index is 924. The van der Waals surface area contributed by atoms with Crippen LogP contribution in [-0.4, -0.2) is 25.8 Å². The molecule has 0 atom stereocenters. The van der Waals surface area contributed by atoms with E-state index in [1.54, 1.807) is 37.6 Å². The molecule has 0 bridgehead atoms. The Morgan fingerprint density at radius 3 is 2.72 bits per heavy atom. The van der Waals surface area contributed by atoms with E-state index in [0.717, 1.165) is 11.1 Å². The molecule has 29 heavy (non-hydrogen) atoms. The van der Waals surface area contributed by atoms with E-state index in [4.69, 9.17) is 18.7 Å². The number of oxime groups is 1. The zero-order chi connectivity index (χ0) is 20.3. The lowest BCUT2D eigenvalue weighted by molar-refractivity contribution is -0.125. The fourth-order valence-corrected chi connectivity index (χ4v) is 2.47. The zero-order valence-corrected chi connectivity index (χ0v) is 16.0. The molecule has 0 aliphatic rings. The minimum absolute atomic E-state index is 0.190. The highest BCUT2D eigenvalue weighted by Gasteiger charge is 2.06. The fourth-order valence-electron chi connectivity index (χ4n) is 2.47. The Morgan fingerprint density at radius 1 is 1.10 bits per heavy atom. The highest BCUT2D eigenvalue weighted by atomic mass is 16.6. The monoisotopic (exact) mass is 394 g/mol. The number of benzene rings is 2. The number of nitrogens with zero attached hydrogens (tertiary/aromatic N) is 1. The molecule has 0 saturated carbocycles. The molecule has 3 rings (SSSR count). The second-order valence-electron chi connectivity index (χ2n) is 6.05. The number of hydrogen-bond acceptors (Lipinski definition) is 6. The molecule has 0 spiro atoms. The van der Waals surface area contributed by atoms with Crippen molar-refractivity contribution < 1.29 is 23.5 Å². The van der Waals surface area contributed by atoms with Crippen LogP contribution in [0.15, 0.2) is 76.5 Å². The van der Waals surface area contributed by atoms with E-state index in [-0.39, 0.29) is 12.5 Å². The normalized spacial score (nSPS) is 10.7. The largest absolute Gasteiger partial charge is 0.493 e. The van der Waals surface area contributed by atoms with Gasteiger partial charge in [0.05, 0.1) is 26.1 Å². The maximum Gasteiger partial charge on any atom is 0.261 e. The van der Waals surface area contributed by atoms with Crippen LogP contribution in [0.5, 0.6) is 11.5 Å². The third-order valence-corrected chi connectivity index (χ3v) is 3.94. The van der Waals surface area contributed by atoms with Gasteiger partial charge in [-0.1, -0.05) is 35.5 Å². The number of amides is 1. The smallest absolute Gasteiger partial charge is 0.261 e. The molecule has 0 saturated heterocycles. The number of carbonyl (C=O) groups is 1. The Labute approximate surface area is 168 Å². The summed E-state index contributed by atoms with van der Waals surface area (Å²) in [6.45, 7) is 0.536. The number of furan rings is 1. The van der Waals surface area contributed by atoms with Crippen molar-refractivity contribution in [2.45, 2.75) is 13.2 Å². The van der Waals surface area contributed by atoms with Crippen molar-refractivity contribution in [1.82, 2.24) is 5.32 Å². The Hall–Kier alpha value is -3.74. The van der Waals surface area contributed by atoms with Crippen LogP contribution in [0.3, 0.4) is 0 Å². The van der Waals surface area contributed by atoms with Crippen molar-refractivity contribution in [3.63, 3.8) is 0 Å². The van der Waals surface area contributed by atoms with Crippen LogP contribution in [0.1, 0.15) is 16.9 Å². The van der Waals surface area contributed by atoms with Gasteiger partial charge in [-0.3, -0.25) is 4.79 Å². The first-order valence-corrected chi connectivity index (χ1v) is 9.04. The van der Waals surface area contributed by atoms with Gasteiger partial charge in [-0.05, 0) is 35.9 Å². The highest BCUT2D eigenvalue weighted by molar-refractivity contribution is 5.81. The van der Waals surface area contributed by atoms with E-state index < -0.39 is 0 Å². The molecule has 0 fully saturated rings. The van der Waals surface area contributed by atoms with Crippen LogP contribution >= 0.6 is 0 Å². The minimum Gasteiger partial charge on any atom is -0.493 e. The number of nitrogens with one attached hydrogen (secondary N) is 1. The molecule has 1 heterocycles. The Balaban J connectivity index is 1.49. The first-order valence-electron chi connectivity index (χ1n) is 9.04. The summed E-state index contributed by atoms with van der Waals surface area (Å²) < 4.78 is 16.3. The molecule has 3 aromatic rings. The predicted octanol–water partition coefficient (Wildman–Crippen LogP) is 3.53. The lowest BCUT2D eigenvalue weighted by Gasteiger charge is -2.11. The van der Waals surface area contributed by atoms with Gasteiger partial charge in [0, 0.05) is 5.56 Å². The molecule has 0 aliphatic heterocycles. The molecular formula is C22H22N2O5. The van der Waals surface area contributed by atoms with E-state index in [1.807, 2.05) is 36.4 Å². The molecule has 1 amide bonds. The summed E-state index contributed by atoms with van der Waals surface area (Å²) >= 11 is 0. The Kier molecular flexibility index (Phi) is 7.28. The molecule has 150 valence electrons. The summed E-state index contributed by atoms with van der Waals surface area (Å²) in [5, 5.41) is 6.51. The summed E-state index contributed by atoms with van der Waals surface area (Å²) in [7, 11) is 1.59.